The predicted octanol–water partition coefficient (Wildman–Crippen LogP) is 1.76. The van der Waals surface area contributed by atoms with Crippen LogP contribution in [0, 0.1) is 0 Å². The van der Waals surface area contributed by atoms with Crippen molar-refractivity contribution in [3.05, 3.63) is 24.2 Å². The van der Waals surface area contributed by atoms with E-state index in [4.69, 9.17) is 4.42 Å². The number of aliphatic hydroxyl groups is 1. The summed E-state index contributed by atoms with van der Waals surface area (Å²) >= 11 is 1.98. The topological polar surface area (TPSA) is 69.8 Å². The molecule has 0 bridgehead atoms. The van der Waals surface area contributed by atoms with Crippen LogP contribution < -0.4 is 10.6 Å². The summed E-state index contributed by atoms with van der Waals surface area (Å²) in [6.45, 7) is 3.14. The zero-order chi connectivity index (χ0) is 14.2. The van der Waals surface area contributed by atoms with Gasteiger partial charge in [0.25, 0.3) is 0 Å². The highest BCUT2D eigenvalue weighted by molar-refractivity contribution is 7.99. The minimum Gasteiger partial charge on any atom is -0.467 e. The van der Waals surface area contributed by atoms with Crippen molar-refractivity contribution in [1.82, 2.24) is 10.6 Å². The zero-order valence-corrected chi connectivity index (χ0v) is 12.7. The molecule has 6 heteroatoms. The summed E-state index contributed by atoms with van der Waals surface area (Å²) in [5.74, 6) is 3.69. The molecule has 2 unspecified atom stereocenters. The van der Waals surface area contributed by atoms with Gasteiger partial charge in [0.05, 0.1) is 12.8 Å². The Labute approximate surface area is 124 Å². The number of guanidine groups is 1. The molecule has 20 heavy (non-hydrogen) atoms. The fourth-order valence-electron chi connectivity index (χ4n) is 2.12. The summed E-state index contributed by atoms with van der Waals surface area (Å²) in [4.78, 5) is 4.44. The molecular formula is C14H23N3O2S. The summed E-state index contributed by atoms with van der Waals surface area (Å²) in [6, 6.07) is 4.00. The van der Waals surface area contributed by atoms with Crippen molar-refractivity contribution >= 4 is 17.7 Å². The van der Waals surface area contributed by atoms with E-state index < -0.39 is 6.10 Å². The third-order valence-electron chi connectivity index (χ3n) is 3.14. The van der Waals surface area contributed by atoms with Crippen molar-refractivity contribution in [3.63, 3.8) is 0 Å². The second-order valence-electron chi connectivity index (χ2n) is 4.81. The van der Waals surface area contributed by atoms with Crippen molar-refractivity contribution < 1.29 is 9.52 Å². The molecule has 1 saturated heterocycles. The van der Waals surface area contributed by atoms with Gasteiger partial charge in [-0.15, -0.1) is 0 Å². The van der Waals surface area contributed by atoms with E-state index in [0.717, 1.165) is 18.3 Å². The normalized spacial score (nSPS) is 21.5. The lowest BCUT2D eigenvalue weighted by Gasteiger charge is -2.24. The number of hydrogen-bond donors (Lipinski definition) is 3. The Balaban J connectivity index is 1.87. The lowest BCUT2D eigenvalue weighted by atomic mass is 10.2. The van der Waals surface area contributed by atoms with E-state index in [1.165, 1.54) is 18.6 Å². The molecule has 5 nitrogen and oxygen atoms in total. The molecule has 0 spiro atoms. The average Bonchev–Trinajstić information content (AvgIpc) is 3.00. The van der Waals surface area contributed by atoms with Crippen LogP contribution in [0.5, 0.6) is 0 Å². The van der Waals surface area contributed by atoms with Crippen molar-refractivity contribution in [1.29, 1.82) is 0 Å². The number of hydrogen-bond acceptors (Lipinski definition) is 4. The van der Waals surface area contributed by atoms with E-state index >= 15 is 0 Å². The third kappa shape index (κ3) is 4.76. The summed E-state index contributed by atoms with van der Waals surface area (Å²) in [5, 5.41) is 16.6. The first-order chi connectivity index (χ1) is 9.79. The quantitative estimate of drug-likeness (QED) is 0.571. The van der Waals surface area contributed by atoms with E-state index in [1.54, 1.807) is 18.4 Å². The van der Waals surface area contributed by atoms with Gasteiger partial charge in [0.1, 0.15) is 11.9 Å². The highest BCUT2D eigenvalue weighted by Gasteiger charge is 2.15. The van der Waals surface area contributed by atoms with Crippen LogP contribution in [-0.2, 0) is 0 Å². The molecule has 0 saturated carbocycles. The van der Waals surface area contributed by atoms with Crippen LogP contribution in [0.1, 0.15) is 31.6 Å². The van der Waals surface area contributed by atoms with Crippen molar-refractivity contribution in [2.24, 2.45) is 4.99 Å². The third-order valence-corrected chi connectivity index (χ3v) is 4.35. The van der Waals surface area contributed by atoms with Gasteiger partial charge >= 0.3 is 0 Å². The van der Waals surface area contributed by atoms with E-state index in [0.29, 0.717) is 18.3 Å². The maximum Gasteiger partial charge on any atom is 0.191 e. The van der Waals surface area contributed by atoms with Crippen LogP contribution in [0.2, 0.25) is 0 Å². The smallest absolute Gasteiger partial charge is 0.191 e. The number of nitrogens with zero attached hydrogens (tertiary/aromatic N) is 1. The van der Waals surface area contributed by atoms with Crippen molar-refractivity contribution in [3.8, 4) is 0 Å². The molecule has 1 aromatic rings. The molecule has 1 aromatic heterocycles. The van der Waals surface area contributed by atoms with Gasteiger partial charge in [0.2, 0.25) is 0 Å². The highest BCUT2D eigenvalue weighted by Crippen LogP contribution is 2.17. The number of thioether (sulfide) groups is 1. The molecule has 1 aliphatic rings. The Morgan fingerprint density at radius 3 is 3.20 bits per heavy atom. The molecular weight excluding hydrogens is 274 g/mol. The van der Waals surface area contributed by atoms with E-state index in [1.807, 2.05) is 18.7 Å². The fourth-order valence-corrected chi connectivity index (χ4v) is 3.19. The maximum absolute atomic E-state index is 9.97. The monoisotopic (exact) mass is 297 g/mol. The SMILES string of the molecule is CCNC(=NCC(O)c1ccco1)NC1CCCSC1. The van der Waals surface area contributed by atoms with Crippen LogP contribution in [0.25, 0.3) is 0 Å². The summed E-state index contributed by atoms with van der Waals surface area (Å²) in [7, 11) is 0. The van der Waals surface area contributed by atoms with E-state index in [-0.39, 0.29) is 0 Å². The Hall–Kier alpha value is -1.14. The molecule has 0 amide bonds. The second kappa shape index (κ2) is 8.21. The second-order valence-corrected chi connectivity index (χ2v) is 5.96. The van der Waals surface area contributed by atoms with Gasteiger partial charge in [-0.2, -0.15) is 11.8 Å². The molecule has 1 aliphatic heterocycles. The number of aliphatic imine (C=N–C) groups is 1. The Morgan fingerprint density at radius 1 is 1.65 bits per heavy atom. The van der Waals surface area contributed by atoms with Gasteiger partial charge in [-0.25, -0.2) is 0 Å². The van der Waals surface area contributed by atoms with Crippen LogP contribution >= 0.6 is 11.8 Å². The number of nitrogens with one attached hydrogen (secondary N) is 2. The predicted molar refractivity (Wildman–Crippen MR) is 83.1 cm³/mol. The molecule has 2 atom stereocenters. The lowest BCUT2D eigenvalue weighted by Crippen LogP contribution is -2.45. The molecule has 2 rings (SSSR count). The molecule has 0 aliphatic carbocycles. The molecule has 0 radical (unpaired) electrons. The van der Waals surface area contributed by atoms with Gasteiger partial charge in [-0.3, -0.25) is 4.99 Å². The minimum absolute atomic E-state index is 0.294. The molecule has 3 N–H and O–H groups in total. The van der Waals surface area contributed by atoms with Gasteiger partial charge in [-0.1, -0.05) is 0 Å². The Morgan fingerprint density at radius 2 is 2.55 bits per heavy atom. The number of furan rings is 1. The van der Waals surface area contributed by atoms with Crippen LogP contribution in [0.4, 0.5) is 0 Å². The minimum atomic E-state index is -0.693. The maximum atomic E-state index is 9.97. The first-order valence-corrected chi connectivity index (χ1v) is 8.29. The summed E-state index contributed by atoms with van der Waals surface area (Å²) in [5.41, 5.74) is 0. The van der Waals surface area contributed by atoms with Crippen molar-refractivity contribution in [2.45, 2.75) is 31.9 Å². The van der Waals surface area contributed by atoms with Crippen LogP contribution in [-0.4, -0.2) is 41.7 Å². The van der Waals surface area contributed by atoms with Gasteiger partial charge in [-0.05, 0) is 37.7 Å². The molecule has 112 valence electrons. The van der Waals surface area contributed by atoms with Gasteiger partial charge < -0.3 is 20.2 Å². The molecule has 1 fully saturated rings. The number of rotatable bonds is 5. The first kappa shape index (κ1) is 15.3. The molecule has 2 heterocycles. The standard InChI is InChI=1S/C14H23N3O2S/c1-2-15-14(17-11-5-4-8-20-10-11)16-9-12(18)13-6-3-7-19-13/h3,6-7,11-12,18H,2,4-5,8-10H2,1H3,(H2,15,16,17). The first-order valence-electron chi connectivity index (χ1n) is 7.13. The van der Waals surface area contributed by atoms with E-state index in [2.05, 4.69) is 15.6 Å². The van der Waals surface area contributed by atoms with Crippen LogP contribution in [0.3, 0.4) is 0 Å². The van der Waals surface area contributed by atoms with Gasteiger partial charge in [0.15, 0.2) is 5.96 Å². The lowest BCUT2D eigenvalue weighted by molar-refractivity contribution is 0.158. The van der Waals surface area contributed by atoms with Gasteiger partial charge in [0, 0.05) is 18.3 Å². The Kier molecular flexibility index (Phi) is 6.26. The largest absolute Gasteiger partial charge is 0.467 e. The van der Waals surface area contributed by atoms with E-state index in [9.17, 15) is 5.11 Å². The number of aliphatic hydroxyl groups excluding tert-OH is 1. The highest BCUT2D eigenvalue weighted by atomic mass is 32.2. The summed E-state index contributed by atoms with van der Waals surface area (Å²) in [6.07, 6.45) is 3.29. The molecule has 0 aromatic carbocycles. The Bertz CT molecular complexity index is 403. The fraction of sp³-hybridized carbons (Fsp3) is 0.643. The van der Waals surface area contributed by atoms with Crippen molar-refractivity contribution in [2.75, 3.05) is 24.6 Å². The van der Waals surface area contributed by atoms with Crippen LogP contribution in [0.15, 0.2) is 27.8 Å². The average molecular weight is 297 g/mol. The summed E-state index contributed by atoms with van der Waals surface area (Å²) < 4.78 is 5.17. The zero-order valence-electron chi connectivity index (χ0n) is 11.8.